The second-order valence-corrected chi connectivity index (χ2v) is 5.42. The van der Waals surface area contributed by atoms with E-state index in [1.165, 1.54) is 0 Å². The summed E-state index contributed by atoms with van der Waals surface area (Å²) < 4.78 is 3.00. The zero-order valence-electron chi connectivity index (χ0n) is 10.6. The average molecular weight is 358 g/mol. The molecule has 21 heavy (non-hydrogen) atoms. The molecule has 0 aliphatic carbocycles. The molecule has 1 N–H and O–H groups in total. The van der Waals surface area contributed by atoms with Gasteiger partial charge >= 0.3 is 0 Å². The summed E-state index contributed by atoms with van der Waals surface area (Å²) in [6.45, 7) is 0. The first-order valence-corrected chi connectivity index (χ1v) is 7.19. The quantitative estimate of drug-likeness (QED) is 0.711. The maximum absolute atomic E-state index is 8.94. The molecular weight excluding hydrogens is 350 g/mol. The zero-order chi connectivity index (χ0) is 14.8. The molecule has 5 nitrogen and oxygen atoms in total. The van der Waals surface area contributed by atoms with Gasteiger partial charge in [-0.1, -0.05) is 6.07 Å². The number of nitrogens with one attached hydrogen (secondary N) is 1. The summed E-state index contributed by atoms with van der Waals surface area (Å²) in [5, 5.41) is 16.0. The molecule has 0 spiro atoms. The molecule has 3 rings (SSSR count). The van der Waals surface area contributed by atoms with Crippen molar-refractivity contribution in [2.45, 2.75) is 0 Å². The Morgan fingerprint density at radius 2 is 2.14 bits per heavy atom. The Hall–Kier alpha value is -2.30. The molecule has 2 heterocycles. The molecule has 1 aromatic carbocycles. The topological polar surface area (TPSA) is 70.3 Å². The SMILES string of the molecule is N#Cc1ccc(-n2c(-c3ccccn3)n[nH]c2=S)c(Br)c1. The van der Waals surface area contributed by atoms with Crippen LogP contribution in [0.5, 0.6) is 0 Å². The number of aromatic nitrogens is 4. The van der Waals surface area contributed by atoms with Gasteiger partial charge in [-0.25, -0.2) is 0 Å². The van der Waals surface area contributed by atoms with Crippen LogP contribution >= 0.6 is 28.1 Å². The van der Waals surface area contributed by atoms with Gasteiger partial charge < -0.3 is 0 Å². The van der Waals surface area contributed by atoms with Gasteiger partial charge in [-0.15, -0.1) is 0 Å². The van der Waals surface area contributed by atoms with Crippen LogP contribution in [0.2, 0.25) is 0 Å². The third kappa shape index (κ3) is 2.51. The second kappa shape index (κ2) is 5.60. The lowest BCUT2D eigenvalue weighted by Gasteiger charge is -2.08. The van der Waals surface area contributed by atoms with Crippen molar-refractivity contribution in [1.82, 2.24) is 19.7 Å². The number of benzene rings is 1. The predicted octanol–water partition coefficient (Wildman–Crippen LogP) is 3.63. The highest BCUT2D eigenvalue weighted by Gasteiger charge is 2.14. The van der Waals surface area contributed by atoms with Crippen LogP contribution in [-0.2, 0) is 0 Å². The summed E-state index contributed by atoms with van der Waals surface area (Å²) in [6, 6.07) is 13.0. The van der Waals surface area contributed by atoms with E-state index < -0.39 is 0 Å². The number of halogens is 1. The van der Waals surface area contributed by atoms with E-state index in [0.29, 0.717) is 21.9 Å². The summed E-state index contributed by atoms with van der Waals surface area (Å²) in [6.07, 6.45) is 1.70. The number of rotatable bonds is 2. The van der Waals surface area contributed by atoms with Crippen molar-refractivity contribution in [2.75, 3.05) is 0 Å². The summed E-state index contributed by atoms with van der Waals surface area (Å²) in [5.74, 6) is 0.617. The number of pyridine rings is 1. The first-order chi connectivity index (χ1) is 10.2. The number of nitriles is 1. The molecule has 0 atom stereocenters. The number of hydrogen-bond acceptors (Lipinski definition) is 4. The molecule has 0 radical (unpaired) electrons. The van der Waals surface area contributed by atoms with Crippen molar-refractivity contribution in [2.24, 2.45) is 0 Å². The molecule has 0 fully saturated rings. The van der Waals surface area contributed by atoms with E-state index >= 15 is 0 Å². The van der Waals surface area contributed by atoms with E-state index in [-0.39, 0.29) is 0 Å². The number of aromatic amines is 1. The Morgan fingerprint density at radius 1 is 1.29 bits per heavy atom. The number of hydrogen-bond donors (Lipinski definition) is 1. The highest BCUT2D eigenvalue weighted by atomic mass is 79.9. The van der Waals surface area contributed by atoms with Crippen LogP contribution in [-0.4, -0.2) is 19.7 Å². The molecule has 0 amide bonds. The van der Waals surface area contributed by atoms with E-state index in [9.17, 15) is 0 Å². The third-order valence-corrected chi connectivity index (χ3v) is 3.79. The Bertz CT molecular complexity index is 892. The second-order valence-electron chi connectivity index (χ2n) is 4.18. The summed E-state index contributed by atoms with van der Waals surface area (Å²) in [5.41, 5.74) is 2.08. The fraction of sp³-hybridized carbons (Fsp3) is 0. The van der Waals surface area contributed by atoms with Gasteiger partial charge in [0.05, 0.1) is 17.3 Å². The van der Waals surface area contributed by atoms with E-state index in [0.717, 1.165) is 10.2 Å². The van der Waals surface area contributed by atoms with Gasteiger partial charge in [0.25, 0.3) is 0 Å². The van der Waals surface area contributed by atoms with Gasteiger partial charge in [0, 0.05) is 10.7 Å². The lowest BCUT2D eigenvalue weighted by molar-refractivity contribution is 1.02. The molecule has 0 saturated carbocycles. The normalized spacial score (nSPS) is 10.3. The lowest BCUT2D eigenvalue weighted by atomic mass is 10.2. The maximum Gasteiger partial charge on any atom is 0.200 e. The Kier molecular flexibility index (Phi) is 3.64. The fourth-order valence-corrected chi connectivity index (χ4v) is 2.73. The average Bonchev–Trinajstić information content (AvgIpc) is 2.89. The Labute approximate surface area is 134 Å². The van der Waals surface area contributed by atoms with Gasteiger partial charge in [-0.3, -0.25) is 14.6 Å². The van der Waals surface area contributed by atoms with Gasteiger partial charge in [0.1, 0.15) is 5.69 Å². The molecule has 0 saturated heterocycles. The molecule has 0 unspecified atom stereocenters. The van der Waals surface area contributed by atoms with Gasteiger partial charge in [-0.2, -0.15) is 10.4 Å². The monoisotopic (exact) mass is 357 g/mol. The third-order valence-electron chi connectivity index (χ3n) is 2.88. The van der Waals surface area contributed by atoms with E-state index in [1.54, 1.807) is 22.9 Å². The van der Waals surface area contributed by atoms with E-state index in [4.69, 9.17) is 17.5 Å². The van der Waals surface area contributed by atoms with Crippen LogP contribution in [0, 0.1) is 16.1 Å². The van der Waals surface area contributed by atoms with Crippen molar-refractivity contribution in [3.8, 4) is 23.3 Å². The van der Waals surface area contributed by atoms with Crippen LogP contribution in [0.4, 0.5) is 0 Å². The summed E-state index contributed by atoms with van der Waals surface area (Å²) >= 11 is 8.78. The lowest BCUT2D eigenvalue weighted by Crippen LogP contribution is -2.00. The Balaban J connectivity index is 2.23. The van der Waals surface area contributed by atoms with Crippen LogP contribution in [0.1, 0.15) is 5.56 Å². The van der Waals surface area contributed by atoms with Gasteiger partial charge in [-0.05, 0) is 58.5 Å². The number of nitrogens with zero attached hydrogens (tertiary/aromatic N) is 4. The van der Waals surface area contributed by atoms with E-state index in [2.05, 4.69) is 37.2 Å². The van der Waals surface area contributed by atoms with Crippen LogP contribution in [0.15, 0.2) is 47.1 Å². The Morgan fingerprint density at radius 3 is 2.81 bits per heavy atom. The maximum atomic E-state index is 8.94. The summed E-state index contributed by atoms with van der Waals surface area (Å²) in [7, 11) is 0. The first-order valence-electron chi connectivity index (χ1n) is 5.99. The minimum absolute atomic E-state index is 0.459. The molecule has 2 aromatic heterocycles. The minimum atomic E-state index is 0.459. The molecular formula is C14H8BrN5S. The minimum Gasteiger partial charge on any atom is -0.266 e. The van der Waals surface area contributed by atoms with E-state index in [1.807, 2.05) is 24.3 Å². The summed E-state index contributed by atoms with van der Waals surface area (Å²) in [4.78, 5) is 4.29. The van der Waals surface area contributed by atoms with Crippen molar-refractivity contribution >= 4 is 28.1 Å². The molecule has 0 bridgehead atoms. The fourth-order valence-electron chi connectivity index (χ4n) is 1.95. The predicted molar refractivity (Wildman–Crippen MR) is 84.4 cm³/mol. The van der Waals surface area contributed by atoms with Crippen molar-refractivity contribution in [3.63, 3.8) is 0 Å². The first kappa shape index (κ1) is 13.7. The molecule has 102 valence electrons. The van der Waals surface area contributed by atoms with Crippen molar-refractivity contribution < 1.29 is 0 Å². The van der Waals surface area contributed by atoms with Crippen LogP contribution < -0.4 is 0 Å². The number of H-pyrrole nitrogens is 1. The largest absolute Gasteiger partial charge is 0.266 e. The van der Waals surface area contributed by atoms with Crippen LogP contribution in [0.3, 0.4) is 0 Å². The highest BCUT2D eigenvalue weighted by Crippen LogP contribution is 2.26. The van der Waals surface area contributed by atoms with Gasteiger partial charge in [0.15, 0.2) is 10.6 Å². The molecule has 3 aromatic rings. The van der Waals surface area contributed by atoms with Crippen molar-refractivity contribution in [3.05, 3.63) is 57.4 Å². The molecule has 0 aliphatic heterocycles. The molecule has 7 heteroatoms. The smallest absolute Gasteiger partial charge is 0.200 e. The zero-order valence-corrected chi connectivity index (χ0v) is 13.0. The van der Waals surface area contributed by atoms with Crippen molar-refractivity contribution in [1.29, 1.82) is 5.26 Å². The standard InChI is InChI=1S/C14H8BrN5S/c15-10-7-9(8-16)4-5-12(10)20-13(18-19-14(20)21)11-3-1-2-6-17-11/h1-7H,(H,19,21). The van der Waals surface area contributed by atoms with Gasteiger partial charge in [0.2, 0.25) is 0 Å². The van der Waals surface area contributed by atoms with Crippen LogP contribution in [0.25, 0.3) is 17.2 Å². The highest BCUT2D eigenvalue weighted by molar-refractivity contribution is 9.10. The molecule has 0 aliphatic rings.